The predicted octanol–water partition coefficient (Wildman–Crippen LogP) is -0.00670. The van der Waals surface area contributed by atoms with Gasteiger partial charge in [0.25, 0.3) is 0 Å². The van der Waals surface area contributed by atoms with E-state index in [9.17, 15) is 9.90 Å². The van der Waals surface area contributed by atoms with E-state index in [1.165, 1.54) is 0 Å². The molecule has 2 fully saturated rings. The van der Waals surface area contributed by atoms with Crippen molar-refractivity contribution < 1.29 is 9.90 Å². The maximum Gasteiger partial charge on any atom is 0.209 e. The number of hydrogen-bond donors (Lipinski definition) is 1. The molecule has 0 unspecified atom stereocenters. The number of piperidine rings is 1. The summed E-state index contributed by atoms with van der Waals surface area (Å²) in [6.07, 6.45) is 5.67. The number of nitrogens with zero attached hydrogens (tertiary/aromatic N) is 4. The lowest BCUT2D eigenvalue weighted by atomic mass is 9.96. The van der Waals surface area contributed by atoms with Crippen molar-refractivity contribution >= 4 is 12.2 Å². The molecule has 0 atom stereocenters. The molecule has 0 bridgehead atoms. The lowest BCUT2D eigenvalue weighted by molar-refractivity contribution is -0.122. The molecule has 6 heteroatoms. The lowest BCUT2D eigenvalue weighted by Crippen LogP contribution is -2.45. The summed E-state index contributed by atoms with van der Waals surface area (Å²) in [6.45, 7) is 3.09. The van der Waals surface area contributed by atoms with Crippen LogP contribution in [-0.4, -0.2) is 58.7 Å². The normalized spacial score (nSPS) is 21.3. The minimum atomic E-state index is -0.189. The average Bonchev–Trinajstić information content (AvgIpc) is 2.39. The summed E-state index contributed by atoms with van der Waals surface area (Å²) in [7, 11) is 0. The number of aliphatic hydroxyl groups is 1. The second-order valence-corrected chi connectivity index (χ2v) is 5.24. The van der Waals surface area contributed by atoms with Crippen LogP contribution in [0.25, 0.3) is 0 Å². The number of carbonyl (C=O) groups is 1. The van der Waals surface area contributed by atoms with Gasteiger partial charge in [-0.05, 0) is 12.8 Å². The first-order valence-corrected chi connectivity index (χ1v) is 6.71. The van der Waals surface area contributed by atoms with Crippen molar-refractivity contribution in [1.82, 2.24) is 14.9 Å². The van der Waals surface area contributed by atoms with E-state index >= 15 is 0 Å². The highest BCUT2D eigenvalue weighted by Crippen LogP contribution is 2.31. The van der Waals surface area contributed by atoms with Crippen molar-refractivity contribution in [1.29, 1.82) is 0 Å². The lowest BCUT2D eigenvalue weighted by Gasteiger charge is -2.38. The van der Waals surface area contributed by atoms with Crippen LogP contribution in [0.4, 0.5) is 5.82 Å². The molecule has 19 heavy (non-hydrogen) atoms. The predicted molar refractivity (Wildman–Crippen MR) is 69.9 cm³/mol. The van der Waals surface area contributed by atoms with Gasteiger partial charge in [-0.1, -0.05) is 0 Å². The highest BCUT2D eigenvalue weighted by molar-refractivity contribution is 5.52. The smallest absolute Gasteiger partial charge is 0.209 e. The summed E-state index contributed by atoms with van der Waals surface area (Å²) in [5.41, 5.74) is 0.983. The summed E-state index contributed by atoms with van der Waals surface area (Å²) in [6, 6.07) is 0. The highest BCUT2D eigenvalue weighted by Gasteiger charge is 2.32. The summed E-state index contributed by atoms with van der Waals surface area (Å²) in [5, 5.41) is 9.57. The molecule has 1 N–H and O–H groups in total. The number of aromatic nitrogens is 2. The third kappa shape index (κ3) is 2.40. The number of rotatable bonds is 3. The molecule has 0 aliphatic carbocycles. The van der Waals surface area contributed by atoms with Crippen molar-refractivity contribution in [3.8, 4) is 0 Å². The van der Waals surface area contributed by atoms with Crippen LogP contribution >= 0.6 is 0 Å². The van der Waals surface area contributed by atoms with E-state index in [1.807, 2.05) is 0 Å². The SMILES string of the molecule is O=CN1CC(c2nccnc2N2CCC(O)CC2)C1. The molecule has 2 saturated heterocycles. The Kier molecular flexibility index (Phi) is 3.33. The first-order chi connectivity index (χ1) is 9.28. The Labute approximate surface area is 112 Å². The molecule has 102 valence electrons. The summed E-state index contributed by atoms with van der Waals surface area (Å²) >= 11 is 0. The van der Waals surface area contributed by atoms with Crippen LogP contribution in [0, 0.1) is 0 Å². The number of carbonyl (C=O) groups excluding carboxylic acids is 1. The fourth-order valence-corrected chi connectivity index (χ4v) is 2.72. The zero-order valence-electron chi connectivity index (χ0n) is 10.8. The van der Waals surface area contributed by atoms with Gasteiger partial charge in [0.2, 0.25) is 6.41 Å². The zero-order valence-corrected chi connectivity index (χ0v) is 10.8. The first kappa shape index (κ1) is 12.3. The molecule has 3 heterocycles. The molecule has 2 aliphatic heterocycles. The van der Waals surface area contributed by atoms with Crippen molar-refractivity contribution in [2.24, 2.45) is 0 Å². The summed E-state index contributed by atoms with van der Waals surface area (Å²) < 4.78 is 0. The molecule has 0 aromatic carbocycles. The molecule has 0 radical (unpaired) electrons. The topological polar surface area (TPSA) is 69.6 Å². The Morgan fingerprint density at radius 3 is 2.58 bits per heavy atom. The summed E-state index contributed by atoms with van der Waals surface area (Å²) in [4.78, 5) is 23.5. The average molecular weight is 262 g/mol. The zero-order chi connectivity index (χ0) is 13.2. The van der Waals surface area contributed by atoms with Crippen LogP contribution in [-0.2, 0) is 4.79 Å². The Hall–Kier alpha value is -1.69. The van der Waals surface area contributed by atoms with Gasteiger partial charge in [-0.15, -0.1) is 0 Å². The number of aliphatic hydroxyl groups excluding tert-OH is 1. The molecule has 0 spiro atoms. The standard InChI is InChI=1S/C13H18N4O2/c18-9-16-7-10(8-16)12-13(15-4-3-14-12)17-5-1-11(19)2-6-17/h3-4,9-11,19H,1-2,5-8H2. The van der Waals surface area contributed by atoms with E-state index in [4.69, 9.17) is 0 Å². The van der Waals surface area contributed by atoms with E-state index < -0.39 is 0 Å². The quantitative estimate of drug-likeness (QED) is 0.776. The second kappa shape index (κ2) is 5.13. The van der Waals surface area contributed by atoms with E-state index in [-0.39, 0.29) is 6.10 Å². The molecule has 1 amide bonds. The third-order valence-electron chi connectivity index (χ3n) is 3.92. The van der Waals surface area contributed by atoms with Gasteiger partial charge in [0, 0.05) is 44.5 Å². The molecule has 0 saturated carbocycles. The van der Waals surface area contributed by atoms with E-state index in [0.717, 1.165) is 56.9 Å². The van der Waals surface area contributed by atoms with Crippen LogP contribution in [0.2, 0.25) is 0 Å². The van der Waals surface area contributed by atoms with E-state index in [2.05, 4.69) is 14.9 Å². The van der Waals surface area contributed by atoms with Crippen molar-refractivity contribution in [3.63, 3.8) is 0 Å². The van der Waals surface area contributed by atoms with E-state index in [1.54, 1.807) is 17.3 Å². The van der Waals surface area contributed by atoms with Crippen LogP contribution < -0.4 is 4.90 Å². The van der Waals surface area contributed by atoms with Crippen molar-refractivity contribution in [2.75, 3.05) is 31.1 Å². The Morgan fingerprint density at radius 1 is 1.21 bits per heavy atom. The van der Waals surface area contributed by atoms with Crippen LogP contribution in [0.3, 0.4) is 0 Å². The maximum absolute atomic E-state index is 10.6. The number of hydrogen-bond acceptors (Lipinski definition) is 5. The Balaban J connectivity index is 1.76. The van der Waals surface area contributed by atoms with Gasteiger partial charge >= 0.3 is 0 Å². The molecule has 3 rings (SSSR count). The fraction of sp³-hybridized carbons (Fsp3) is 0.615. The van der Waals surface area contributed by atoms with E-state index in [0.29, 0.717) is 5.92 Å². The maximum atomic E-state index is 10.6. The molecule has 2 aliphatic rings. The number of likely N-dealkylation sites (tertiary alicyclic amines) is 1. The largest absolute Gasteiger partial charge is 0.393 e. The van der Waals surface area contributed by atoms with Gasteiger partial charge in [0.15, 0.2) is 5.82 Å². The monoisotopic (exact) mass is 262 g/mol. The van der Waals surface area contributed by atoms with Gasteiger partial charge in [-0.25, -0.2) is 4.98 Å². The van der Waals surface area contributed by atoms with Gasteiger partial charge in [-0.2, -0.15) is 0 Å². The Morgan fingerprint density at radius 2 is 1.89 bits per heavy atom. The second-order valence-electron chi connectivity index (χ2n) is 5.24. The van der Waals surface area contributed by atoms with Crippen molar-refractivity contribution in [3.05, 3.63) is 18.1 Å². The van der Waals surface area contributed by atoms with Crippen LogP contribution in [0.5, 0.6) is 0 Å². The molecular weight excluding hydrogens is 244 g/mol. The van der Waals surface area contributed by atoms with Gasteiger partial charge < -0.3 is 14.9 Å². The number of amides is 1. The molecular formula is C13H18N4O2. The van der Waals surface area contributed by atoms with Crippen LogP contribution in [0.15, 0.2) is 12.4 Å². The highest BCUT2D eigenvalue weighted by atomic mass is 16.3. The summed E-state index contributed by atoms with van der Waals surface area (Å²) in [5.74, 6) is 1.21. The Bertz CT molecular complexity index is 454. The third-order valence-corrected chi connectivity index (χ3v) is 3.92. The first-order valence-electron chi connectivity index (χ1n) is 6.71. The van der Waals surface area contributed by atoms with Gasteiger partial charge in [0.05, 0.1) is 11.8 Å². The van der Waals surface area contributed by atoms with Gasteiger partial charge in [0.1, 0.15) is 0 Å². The minimum absolute atomic E-state index is 0.189. The van der Waals surface area contributed by atoms with Crippen LogP contribution in [0.1, 0.15) is 24.5 Å². The minimum Gasteiger partial charge on any atom is -0.393 e. The number of anilines is 1. The van der Waals surface area contributed by atoms with Crippen molar-refractivity contribution in [2.45, 2.75) is 24.9 Å². The molecule has 1 aromatic rings. The molecule has 1 aromatic heterocycles. The van der Waals surface area contributed by atoms with Gasteiger partial charge in [-0.3, -0.25) is 9.78 Å². The molecule has 6 nitrogen and oxygen atoms in total. The fourth-order valence-electron chi connectivity index (χ4n) is 2.72.